The van der Waals surface area contributed by atoms with Crippen molar-refractivity contribution in [2.45, 2.75) is 62.7 Å². The van der Waals surface area contributed by atoms with Crippen molar-refractivity contribution in [1.29, 1.82) is 0 Å². The molecule has 0 heterocycles. The number of aliphatic imine (C=N–C) groups is 1. The summed E-state index contributed by atoms with van der Waals surface area (Å²) in [5.74, 6) is -4.43. The predicted octanol–water partition coefficient (Wildman–Crippen LogP) is -1.64. The number of aliphatic carboxylic acids is 1. The van der Waals surface area contributed by atoms with Crippen LogP contribution in [-0.2, 0) is 36.8 Å². The zero-order valence-corrected chi connectivity index (χ0v) is 24.1. The zero-order valence-electron chi connectivity index (χ0n) is 24.1. The van der Waals surface area contributed by atoms with Gasteiger partial charge in [0, 0.05) is 25.8 Å². The number of nitrogens with one attached hydrogen (secondary N) is 3. The van der Waals surface area contributed by atoms with Gasteiger partial charge >= 0.3 is 5.97 Å². The third-order valence-corrected chi connectivity index (χ3v) is 6.52. The SMILES string of the molecule is NC(=O)CCC(NC(=O)C(N)CCCN=C(N)N)C(=O)NC(Cc1ccc(O)cc1)C(=O)NC(Cc1ccccc1)C(=O)O. The Morgan fingerprint density at radius 1 is 0.727 bits per heavy atom. The summed E-state index contributed by atoms with van der Waals surface area (Å²) in [4.78, 5) is 66.9. The van der Waals surface area contributed by atoms with E-state index in [9.17, 15) is 34.2 Å². The zero-order chi connectivity index (χ0) is 32.6. The number of carboxylic acid groups (broad SMARTS) is 1. The van der Waals surface area contributed by atoms with E-state index in [1.807, 2.05) is 0 Å². The molecule has 0 saturated carbocycles. The smallest absolute Gasteiger partial charge is 0.326 e. The van der Waals surface area contributed by atoms with Crippen molar-refractivity contribution in [1.82, 2.24) is 16.0 Å². The lowest BCUT2D eigenvalue weighted by Gasteiger charge is -2.25. The van der Waals surface area contributed by atoms with E-state index >= 15 is 0 Å². The summed E-state index contributed by atoms with van der Waals surface area (Å²) in [6.45, 7) is 0.241. The van der Waals surface area contributed by atoms with Crippen LogP contribution in [0, 0.1) is 0 Å². The quantitative estimate of drug-likeness (QED) is 0.0526. The van der Waals surface area contributed by atoms with Crippen molar-refractivity contribution in [2.24, 2.45) is 27.9 Å². The van der Waals surface area contributed by atoms with E-state index < -0.39 is 53.8 Å². The molecule has 4 amide bonds. The van der Waals surface area contributed by atoms with Gasteiger partial charge in [0.25, 0.3) is 0 Å². The maximum Gasteiger partial charge on any atom is 0.326 e. The summed E-state index contributed by atoms with van der Waals surface area (Å²) in [6.07, 6.45) is 0.0262. The molecule has 4 unspecified atom stereocenters. The van der Waals surface area contributed by atoms with Crippen molar-refractivity contribution < 1.29 is 34.2 Å². The fourth-order valence-corrected chi connectivity index (χ4v) is 4.16. The molecule has 4 atom stereocenters. The Morgan fingerprint density at radius 3 is 1.86 bits per heavy atom. The Labute approximate surface area is 254 Å². The van der Waals surface area contributed by atoms with E-state index in [-0.39, 0.29) is 50.4 Å². The Hall–Kier alpha value is -5.18. The Bertz CT molecular complexity index is 1300. The number of carboxylic acids is 1. The number of rotatable bonds is 18. The van der Waals surface area contributed by atoms with Gasteiger partial charge in [0.2, 0.25) is 23.6 Å². The number of primary amides is 1. The Morgan fingerprint density at radius 2 is 1.27 bits per heavy atom. The number of phenols is 1. The Kier molecular flexibility index (Phi) is 14.1. The molecule has 0 saturated heterocycles. The van der Waals surface area contributed by atoms with Crippen LogP contribution >= 0.6 is 0 Å². The molecule has 0 aliphatic carbocycles. The molecular weight excluding hydrogens is 572 g/mol. The summed E-state index contributed by atoms with van der Waals surface area (Å²) in [5, 5.41) is 27.0. The van der Waals surface area contributed by atoms with E-state index in [1.54, 1.807) is 30.3 Å². The molecule has 0 aliphatic heterocycles. The topological polar surface area (TPSA) is 278 Å². The fraction of sp³-hybridized carbons (Fsp3) is 0.379. The standard InChI is InChI=1S/C29H40N8O7/c30-20(7-4-14-34-29(32)33)25(40)35-21(12-13-24(31)39)26(41)36-22(15-18-8-10-19(38)11-9-18)27(42)37-23(28(43)44)16-17-5-2-1-3-6-17/h1-3,5-6,8-11,20-23,38H,4,7,12-16,30H2,(H2,31,39)(H,35,40)(H,36,41)(H,37,42)(H,43,44)(H4,32,33,34). The first-order chi connectivity index (χ1) is 20.8. The highest BCUT2D eigenvalue weighted by Gasteiger charge is 2.31. The monoisotopic (exact) mass is 612 g/mol. The van der Waals surface area contributed by atoms with Gasteiger partial charge in [-0.15, -0.1) is 0 Å². The van der Waals surface area contributed by atoms with Crippen molar-refractivity contribution in [3.05, 3.63) is 65.7 Å². The van der Waals surface area contributed by atoms with E-state index in [4.69, 9.17) is 22.9 Å². The van der Waals surface area contributed by atoms with E-state index in [0.717, 1.165) is 0 Å². The molecule has 44 heavy (non-hydrogen) atoms. The predicted molar refractivity (Wildman–Crippen MR) is 162 cm³/mol. The molecule has 2 aromatic rings. The molecule has 2 rings (SSSR count). The highest BCUT2D eigenvalue weighted by Crippen LogP contribution is 2.13. The number of guanidine groups is 1. The molecule has 15 nitrogen and oxygen atoms in total. The van der Waals surface area contributed by atoms with Gasteiger partial charge in [0.1, 0.15) is 23.9 Å². The van der Waals surface area contributed by atoms with Gasteiger partial charge < -0.3 is 49.1 Å². The number of hydrogen-bond acceptors (Lipinski definition) is 8. The molecule has 2 aromatic carbocycles. The van der Waals surface area contributed by atoms with Crippen LogP contribution < -0.4 is 38.9 Å². The average Bonchev–Trinajstić information content (AvgIpc) is 2.97. The van der Waals surface area contributed by atoms with Gasteiger partial charge in [-0.3, -0.25) is 24.2 Å². The molecule has 0 aromatic heterocycles. The number of nitrogens with zero attached hydrogens (tertiary/aromatic N) is 1. The largest absolute Gasteiger partial charge is 0.508 e. The maximum atomic E-state index is 13.4. The van der Waals surface area contributed by atoms with Crippen LogP contribution in [0.2, 0.25) is 0 Å². The number of amides is 4. The van der Waals surface area contributed by atoms with Crippen LogP contribution in [0.1, 0.15) is 36.8 Å². The van der Waals surface area contributed by atoms with Gasteiger partial charge in [0.05, 0.1) is 6.04 Å². The molecule has 0 bridgehead atoms. The second-order valence-electron chi connectivity index (χ2n) is 10.1. The van der Waals surface area contributed by atoms with Gasteiger partial charge in [-0.2, -0.15) is 0 Å². The molecular formula is C29H40N8O7. The summed E-state index contributed by atoms with van der Waals surface area (Å²) in [7, 11) is 0. The number of aromatic hydroxyl groups is 1. The number of phenolic OH excluding ortho intramolecular Hbond substituents is 1. The van der Waals surface area contributed by atoms with Crippen LogP contribution in [0.3, 0.4) is 0 Å². The van der Waals surface area contributed by atoms with Crippen LogP contribution in [0.5, 0.6) is 5.75 Å². The van der Waals surface area contributed by atoms with Crippen LogP contribution in [0.4, 0.5) is 0 Å². The molecule has 0 aliphatic rings. The van der Waals surface area contributed by atoms with Crippen LogP contribution in [0.15, 0.2) is 59.6 Å². The van der Waals surface area contributed by atoms with E-state index in [2.05, 4.69) is 20.9 Å². The third kappa shape index (κ3) is 12.8. The molecule has 13 N–H and O–H groups in total. The second-order valence-corrected chi connectivity index (χ2v) is 10.1. The van der Waals surface area contributed by atoms with E-state index in [0.29, 0.717) is 17.5 Å². The number of hydrogen-bond donors (Lipinski definition) is 9. The summed E-state index contributed by atoms with van der Waals surface area (Å²) < 4.78 is 0. The lowest BCUT2D eigenvalue weighted by Crippen LogP contribution is -2.58. The van der Waals surface area contributed by atoms with Crippen LogP contribution in [0.25, 0.3) is 0 Å². The highest BCUT2D eigenvalue weighted by atomic mass is 16.4. The van der Waals surface area contributed by atoms with Gasteiger partial charge in [-0.05, 0) is 42.5 Å². The maximum absolute atomic E-state index is 13.4. The van der Waals surface area contributed by atoms with E-state index in [1.165, 1.54) is 24.3 Å². The summed E-state index contributed by atoms with van der Waals surface area (Å²) in [6, 6.07) is 9.60. The van der Waals surface area contributed by atoms with Crippen molar-refractivity contribution >= 4 is 35.6 Å². The summed E-state index contributed by atoms with van der Waals surface area (Å²) in [5.41, 5.74) is 23.0. The number of carbonyl (C=O) groups is 5. The first-order valence-electron chi connectivity index (χ1n) is 13.9. The van der Waals surface area contributed by atoms with Gasteiger partial charge in [-0.1, -0.05) is 42.5 Å². The second kappa shape index (κ2) is 17.7. The number of benzene rings is 2. The minimum Gasteiger partial charge on any atom is -0.508 e. The molecule has 0 radical (unpaired) electrons. The number of carbonyl (C=O) groups excluding carboxylic acids is 4. The van der Waals surface area contributed by atoms with Gasteiger partial charge in [0.15, 0.2) is 5.96 Å². The molecule has 238 valence electrons. The van der Waals surface area contributed by atoms with Crippen molar-refractivity contribution in [2.75, 3.05) is 6.54 Å². The van der Waals surface area contributed by atoms with Crippen LogP contribution in [-0.4, -0.2) is 76.5 Å². The van der Waals surface area contributed by atoms with Crippen molar-refractivity contribution in [3.63, 3.8) is 0 Å². The minimum atomic E-state index is -1.31. The third-order valence-electron chi connectivity index (χ3n) is 6.52. The lowest BCUT2D eigenvalue weighted by molar-refractivity contribution is -0.142. The Balaban J connectivity index is 2.23. The first-order valence-corrected chi connectivity index (χ1v) is 13.9. The molecule has 15 heteroatoms. The van der Waals surface area contributed by atoms with Crippen molar-refractivity contribution in [3.8, 4) is 5.75 Å². The fourth-order valence-electron chi connectivity index (χ4n) is 4.16. The average molecular weight is 613 g/mol. The minimum absolute atomic E-state index is 0.0137. The first kappa shape index (κ1) is 35.0. The highest BCUT2D eigenvalue weighted by molar-refractivity contribution is 5.94. The number of nitrogens with two attached hydrogens (primary N) is 4. The lowest BCUT2D eigenvalue weighted by atomic mass is 10.0. The molecule has 0 fully saturated rings. The molecule has 0 spiro atoms. The van der Waals surface area contributed by atoms with Gasteiger partial charge in [-0.25, -0.2) is 4.79 Å². The normalized spacial score (nSPS) is 13.4. The summed E-state index contributed by atoms with van der Waals surface area (Å²) >= 11 is 0.